The average molecular weight is 502 g/mol. The van der Waals surface area contributed by atoms with E-state index in [2.05, 4.69) is 42.4 Å². The van der Waals surface area contributed by atoms with E-state index in [-0.39, 0.29) is 11.9 Å². The largest absolute Gasteiger partial charge is 0.438 e. The van der Waals surface area contributed by atoms with Gasteiger partial charge in [0.2, 0.25) is 17.7 Å². The van der Waals surface area contributed by atoms with Crippen LogP contribution in [0.4, 0.5) is 27.4 Å². The van der Waals surface area contributed by atoms with Gasteiger partial charge >= 0.3 is 0 Å². The number of aromatic nitrogens is 3. The average Bonchev–Trinajstić information content (AvgIpc) is 3.61. The van der Waals surface area contributed by atoms with Crippen LogP contribution >= 0.6 is 0 Å². The minimum atomic E-state index is -0.396. The van der Waals surface area contributed by atoms with Gasteiger partial charge in [-0.05, 0) is 61.5 Å². The predicted molar refractivity (Wildman–Crippen MR) is 144 cm³/mol. The molecule has 1 atom stereocenters. The Morgan fingerprint density at radius 3 is 2.81 bits per heavy atom. The quantitative estimate of drug-likeness (QED) is 0.232. The van der Waals surface area contributed by atoms with Crippen LogP contribution < -0.4 is 25.6 Å². The molecule has 37 heavy (non-hydrogen) atoms. The molecule has 0 aliphatic carbocycles. The van der Waals surface area contributed by atoms with Crippen molar-refractivity contribution >= 4 is 40.0 Å². The molecule has 3 heterocycles. The SMILES string of the molecule is C=CC(=O)Nc1cccc(Oc2nc(Nc3ccc(N(CCF)C4CCNC4)cc3)nc3[nH]ccc23)c1. The molecule has 10 heteroatoms. The van der Waals surface area contributed by atoms with Crippen LogP contribution in [0.5, 0.6) is 11.6 Å². The monoisotopic (exact) mass is 501 g/mol. The minimum Gasteiger partial charge on any atom is -0.438 e. The van der Waals surface area contributed by atoms with Gasteiger partial charge in [-0.1, -0.05) is 12.6 Å². The number of H-pyrrole nitrogens is 1. The van der Waals surface area contributed by atoms with Crippen LogP contribution in [0.3, 0.4) is 0 Å². The van der Waals surface area contributed by atoms with E-state index in [0.717, 1.165) is 30.9 Å². The second-order valence-corrected chi connectivity index (χ2v) is 8.62. The molecule has 2 aromatic heterocycles. The first-order valence-corrected chi connectivity index (χ1v) is 12.1. The van der Waals surface area contributed by atoms with Crippen molar-refractivity contribution < 1.29 is 13.9 Å². The van der Waals surface area contributed by atoms with E-state index in [4.69, 9.17) is 4.74 Å². The number of amides is 1. The van der Waals surface area contributed by atoms with Crippen LogP contribution in [-0.2, 0) is 4.79 Å². The molecule has 1 unspecified atom stereocenters. The summed E-state index contributed by atoms with van der Waals surface area (Å²) in [6, 6.07) is 17.0. The Hall–Kier alpha value is -4.44. The van der Waals surface area contributed by atoms with E-state index in [1.807, 2.05) is 30.3 Å². The molecule has 1 aliphatic heterocycles. The summed E-state index contributed by atoms with van der Waals surface area (Å²) < 4.78 is 19.3. The Morgan fingerprint density at radius 1 is 1.19 bits per heavy atom. The van der Waals surface area contributed by atoms with Gasteiger partial charge in [0.1, 0.15) is 18.1 Å². The molecular formula is C27H28FN7O2. The molecule has 4 N–H and O–H groups in total. The lowest BCUT2D eigenvalue weighted by molar-refractivity contribution is -0.111. The number of carbonyl (C=O) groups is 1. The summed E-state index contributed by atoms with van der Waals surface area (Å²) in [7, 11) is 0. The number of nitrogens with one attached hydrogen (secondary N) is 4. The second kappa shape index (κ2) is 11.1. The van der Waals surface area contributed by atoms with Crippen LogP contribution in [0, 0.1) is 0 Å². The number of alkyl halides is 1. The standard InChI is InChI=1S/C27H28FN7O2/c1-2-24(36)31-19-4-3-5-22(16-19)37-26-23-11-14-30-25(23)33-27(34-26)32-18-6-8-20(9-7-18)35(15-12-28)21-10-13-29-17-21/h2-9,11,14,16,21,29H,1,10,12-13,15,17H2,(H,31,36)(H2,30,32,33,34). The molecule has 1 saturated heterocycles. The number of fused-ring (bicyclic) bond motifs is 1. The molecular weight excluding hydrogens is 473 g/mol. The number of hydrogen-bond donors (Lipinski definition) is 4. The maximum absolute atomic E-state index is 13.2. The van der Waals surface area contributed by atoms with Crippen molar-refractivity contribution in [1.82, 2.24) is 20.3 Å². The number of ether oxygens (including phenoxy) is 1. The summed E-state index contributed by atoms with van der Waals surface area (Å²) in [4.78, 5) is 26.0. The number of halogens is 1. The van der Waals surface area contributed by atoms with Gasteiger partial charge in [0, 0.05) is 48.5 Å². The van der Waals surface area contributed by atoms with Crippen molar-refractivity contribution in [3.05, 3.63) is 73.4 Å². The lowest BCUT2D eigenvalue weighted by atomic mass is 10.1. The van der Waals surface area contributed by atoms with Crippen LogP contribution in [-0.4, -0.2) is 53.2 Å². The maximum Gasteiger partial charge on any atom is 0.247 e. The summed E-state index contributed by atoms with van der Waals surface area (Å²) in [5.74, 6) is 0.917. The van der Waals surface area contributed by atoms with Crippen LogP contribution in [0.2, 0.25) is 0 Å². The van der Waals surface area contributed by atoms with Crippen LogP contribution in [0.15, 0.2) is 73.4 Å². The highest BCUT2D eigenvalue weighted by atomic mass is 19.1. The first kappa shape index (κ1) is 24.3. The van der Waals surface area contributed by atoms with Gasteiger partial charge in [-0.3, -0.25) is 4.79 Å². The number of carbonyl (C=O) groups excluding carboxylic acids is 1. The molecule has 4 aromatic rings. The third kappa shape index (κ3) is 5.70. The van der Waals surface area contributed by atoms with Crippen molar-refractivity contribution in [3.8, 4) is 11.6 Å². The molecule has 9 nitrogen and oxygen atoms in total. The third-order valence-corrected chi connectivity index (χ3v) is 6.14. The van der Waals surface area contributed by atoms with Crippen molar-refractivity contribution in [1.29, 1.82) is 0 Å². The van der Waals surface area contributed by atoms with E-state index < -0.39 is 6.67 Å². The highest BCUT2D eigenvalue weighted by molar-refractivity contribution is 5.99. The summed E-state index contributed by atoms with van der Waals surface area (Å²) >= 11 is 0. The molecule has 1 fully saturated rings. The predicted octanol–water partition coefficient (Wildman–Crippen LogP) is 4.76. The third-order valence-electron chi connectivity index (χ3n) is 6.14. The summed E-state index contributed by atoms with van der Waals surface area (Å²) in [6.45, 7) is 5.24. The van der Waals surface area contributed by atoms with Crippen LogP contribution in [0.25, 0.3) is 11.0 Å². The summed E-state index contributed by atoms with van der Waals surface area (Å²) in [5.41, 5.74) is 2.96. The highest BCUT2D eigenvalue weighted by Crippen LogP contribution is 2.31. The highest BCUT2D eigenvalue weighted by Gasteiger charge is 2.22. The molecule has 5 rings (SSSR count). The van der Waals surface area contributed by atoms with E-state index in [1.54, 1.807) is 30.5 Å². The minimum absolute atomic E-state index is 0.288. The van der Waals surface area contributed by atoms with Crippen molar-refractivity contribution in [2.24, 2.45) is 0 Å². The smallest absolute Gasteiger partial charge is 0.247 e. The second-order valence-electron chi connectivity index (χ2n) is 8.62. The zero-order valence-corrected chi connectivity index (χ0v) is 20.2. The Bertz CT molecular complexity index is 1380. The Labute approximate surface area is 213 Å². The Morgan fingerprint density at radius 2 is 2.05 bits per heavy atom. The Balaban J connectivity index is 1.35. The van der Waals surface area contributed by atoms with Gasteiger partial charge in [0.05, 0.1) is 5.39 Å². The van der Waals surface area contributed by atoms with Gasteiger partial charge < -0.3 is 30.6 Å². The molecule has 2 aromatic carbocycles. The fraction of sp³-hybridized carbons (Fsp3) is 0.222. The van der Waals surface area contributed by atoms with Crippen molar-refractivity contribution in [2.75, 3.05) is 41.8 Å². The topological polar surface area (TPSA) is 107 Å². The molecule has 1 amide bonds. The zero-order valence-electron chi connectivity index (χ0n) is 20.2. The van der Waals surface area contributed by atoms with Crippen molar-refractivity contribution in [3.63, 3.8) is 0 Å². The fourth-order valence-corrected chi connectivity index (χ4v) is 4.37. The van der Waals surface area contributed by atoms with Gasteiger partial charge in [-0.2, -0.15) is 9.97 Å². The molecule has 0 radical (unpaired) electrons. The molecule has 0 saturated carbocycles. The fourth-order valence-electron chi connectivity index (χ4n) is 4.37. The van der Waals surface area contributed by atoms with E-state index in [1.165, 1.54) is 6.08 Å². The lowest BCUT2D eigenvalue weighted by Crippen LogP contribution is -2.38. The van der Waals surface area contributed by atoms with E-state index >= 15 is 0 Å². The van der Waals surface area contributed by atoms with Gasteiger partial charge in [-0.15, -0.1) is 0 Å². The number of anilines is 4. The normalized spacial score (nSPS) is 14.9. The summed E-state index contributed by atoms with van der Waals surface area (Å²) in [6.07, 6.45) is 3.97. The number of hydrogen-bond acceptors (Lipinski definition) is 7. The van der Waals surface area contributed by atoms with Gasteiger partial charge in [0.15, 0.2) is 0 Å². The zero-order chi connectivity index (χ0) is 25.6. The van der Waals surface area contributed by atoms with Crippen LogP contribution in [0.1, 0.15) is 6.42 Å². The number of nitrogens with zero attached hydrogens (tertiary/aromatic N) is 3. The number of benzene rings is 2. The molecule has 0 bridgehead atoms. The molecule has 0 spiro atoms. The first-order chi connectivity index (χ1) is 18.1. The molecule has 190 valence electrons. The number of aromatic amines is 1. The Kier molecular flexibility index (Phi) is 7.27. The van der Waals surface area contributed by atoms with E-state index in [9.17, 15) is 9.18 Å². The first-order valence-electron chi connectivity index (χ1n) is 12.1. The van der Waals surface area contributed by atoms with Crippen molar-refractivity contribution in [2.45, 2.75) is 12.5 Å². The lowest BCUT2D eigenvalue weighted by Gasteiger charge is -2.30. The summed E-state index contributed by atoms with van der Waals surface area (Å²) in [5, 5.41) is 10.0. The molecule has 1 aliphatic rings. The van der Waals surface area contributed by atoms with Gasteiger partial charge in [-0.25, -0.2) is 4.39 Å². The maximum atomic E-state index is 13.2. The van der Waals surface area contributed by atoms with Gasteiger partial charge in [0.25, 0.3) is 0 Å². The number of rotatable bonds is 10. The van der Waals surface area contributed by atoms with E-state index in [0.29, 0.717) is 40.8 Å².